The van der Waals surface area contributed by atoms with Crippen molar-refractivity contribution in [2.24, 2.45) is 23.2 Å². The van der Waals surface area contributed by atoms with Crippen LogP contribution in [0.15, 0.2) is 12.7 Å². The lowest BCUT2D eigenvalue weighted by molar-refractivity contribution is 0.0465. The molecule has 1 spiro atoms. The molecular weight excluding hydrogens is 378 g/mol. The van der Waals surface area contributed by atoms with E-state index >= 15 is 0 Å². The number of nitrogens with zero attached hydrogens (tertiary/aromatic N) is 5. The molecule has 30 heavy (non-hydrogen) atoms. The summed E-state index contributed by atoms with van der Waals surface area (Å²) < 4.78 is 7.64. The van der Waals surface area contributed by atoms with Gasteiger partial charge < -0.3 is 19.3 Å². The standard InChI is InChI=1S/C23H35N5O2/c1-16(2)20-23(7-4-3-5-8-23)13-28(20)22-19-21(24-14-25-22)27(15-26-19)10-18(11-29)17-6-9-30-12-17/h14-18,20,29H,3-13H2,1-2H3. The molecule has 4 heterocycles. The van der Waals surface area contributed by atoms with Crippen LogP contribution in [0.5, 0.6) is 0 Å². The van der Waals surface area contributed by atoms with E-state index in [2.05, 4.69) is 28.3 Å². The fourth-order valence-corrected chi connectivity index (χ4v) is 6.48. The maximum absolute atomic E-state index is 9.95. The molecule has 0 radical (unpaired) electrons. The van der Waals surface area contributed by atoms with Crippen molar-refractivity contribution in [3.05, 3.63) is 12.7 Å². The number of anilines is 1. The molecule has 3 unspecified atom stereocenters. The van der Waals surface area contributed by atoms with Gasteiger partial charge in [0, 0.05) is 50.3 Å². The Morgan fingerprint density at radius 1 is 1.20 bits per heavy atom. The van der Waals surface area contributed by atoms with E-state index in [1.807, 2.05) is 6.33 Å². The van der Waals surface area contributed by atoms with E-state index < -0.39 is 0 Å². The molecule has 1 aliphatic carbocycles. The first-order chi connectivity index (χ1) is 14.6. The van der Waals surface area contributed by atoms with Crippen molar-refractivity contribution in [3.63, 3.8) is 0 Å². The van der Waals surface area contributed by atoms with Gasteiger partial charge in [-0.1, -0.05) is 33.1 Å². The van der Waals surface area contributed by atoms with Gasteiger partial charge in [-0.15, -0.1) is 0 Å². The maximum Gasteiger partial charge on any atom is 0.165 e. The highest BCUT2D eigenvalue weighted by molar-refractivity contribution is 5.84. The van der Waals surface area contributed by atoms with Gasteiger partial charge in [-0.05, 0) is 31.1 Å². The van der Waals surface area contributed by atoms with Crippen molar-refractivity contribution in [2.75, 3.05) is 31.3 Å². The number of hydrogen-bond donors (Lipinski definition) is 1. The van der Waals surface area contributed by atoms with Gasteiger partial charge in [-0.3, -0.25) is 0 Å². The first-order valence-corrected chi connectivity index (χ1v) is 11.7. The van der Waals surface area contributed by atoms with Crippen molar-refractivity contribution >= 4 is 17.0 Å². The van der Waals surface area contributed by atoms with E-state index in [1.165, 1.54) is 32.1 Å². The van der Waals surface area contributed by atoms with E-state index in [0.717, 1.165) is 49.7 Å². The zero-order valence-electron chi connectivity index (χ0n) is 18.3. The second-order valence-corrected chi connectivity index (χ2v) is 10.1. The van der Waals surface area contributed by atoms with Crippen molar-refractivity contribution < 1.29 is 9.84 Å². The number of rotatable bonds is 6. The smallest absolute Gasteiger partial charge is 0.165 e. The lowest BCUT2D eigenvalue weighted by Crippen LogP contribution is -2.67. The van der Waals surface area contributed by atoms with Crippen LogP contribution in [-0.2, 0) is 11.3 Å². The Kier molecular flexibility index (Phi) is 5.44. The molecule has 0 aromatic carbocycles. The molecule has 2 aromatic heterocycles. The van der Waals surface area contributed by atoms with E-state index in [-0.39, 0.29) is 12.5 Å². The Morgan fingerprint density at radius 2 is 2.03 bits per heavy atom. The summed E-state index contributed by atoms with van der Waals surface area (Å²) in [6.07, 6.45) is 11.4. The van der Waals surface area contributed by atoms with Crippen LogP contribution < -0.4 is 4.90 Å². The lowest BCUT2D eigenvalue weighted by Gasteiger charge is -2.61. The highest BCUT2D eigenvalue weighted by Gasteiger charge is 2.54. The summed E-state index contributed by atoms with van der Waals surface area (Å²) in [7, 11) is 0. The molecule has 3 atom stereocenters. The Labute approximate surface area is 178 Å². The minimum absolute atomic E-state index is 0.162. The van der Waals surface area contributed by atoms with Crippen LogP contribution in [0.2, 0.25) is 0 Å². The van der Waals surface area contributed by atoms with Crippen LogP contribution in [0, 0.1) is 23.2 Å². The molecule has 2 saturated heterocycles. The number of fused-ring (bicyclic) bond motifs is 1. The van der Waals surface area contributed by atoms with Gasteiger partial charge in [-0.25, -0.2) is 15.0 Å². The van der Waals surface area contributed by atoms with Crippen LogP contribution in [-0.4, -0.2) is 57.0 Å². The molecule has 1 saturated carbocycles. The van der Waals surface area contributed by atoms with Crippen molar-refractivity contribution in [1.82, 2.24) is 19.5 Å². The number of ether oxygens (including phenoxy) is 1. The van der Waals surface area contributed by atoms with E-state index in [4.69, 9.17) is 14.7 Å². The Bertz CT molecular complexity index is 870. The highest BCUT2D eigenvalue weighted by Crippen LogP contribution is 2.53. The van der Waals surface area contributed by atoms with Crippen LogP contribution in [0.25, 0.3) is 11.2 Å². The quantitative estimate of drug-likeness (QED) is 0.783. The first kappa shape index (κ1) is 20.2. The lowest BCUT2D eigenvalue weighted by atomic mass is 9.60. The fraction of sp³-hybridized carbons (Fsp3) is 0.783. The van der Waals surface area contributed by atoms with Gasteiger partial charge in [0.15, 0.2) is 17.0 Å². The van der Waals surface area contributed by atoms with Gasteiger partial charge in [0.1, 0.15) is 6.33 Å². The molecule has 3 aliphatic rings. The van der Waals surface area contributed by atoms with E-state index in [0.29, 0.717) is 23.3 Å². The molecule has 3 fully saturated rings. The summed E-state index contributed by atoms with van der Waals surface area (Å²) in [5, 5.41) is 9.95. The fourth-order valence-electron chi connectivity index (χ4n) is 6.48. The Morgan fingerprint density at radius 3 is 2.73 bits per heavy atom. The Hall–Kier alpha value is -1.73. The van der Waals surface area contributed by atoms with Crippen molar-refractivity contribution in [1.29, 1.82) is 0 Å². The second-order valence-electron chi connectivity index (χ2n) is 10.1. The van der Waals surface area contributed by atoms with Crippen LogP contribution in [0.3, 0.4) is 0 Å². The van der Waals surface area contributed by atoms with Gasteiger partial charge >= 0.3 is 0 Å². The largest absolute Gasteiger partial charge is 0.396 e. The predicted octanol–water partition coefficient (Wildman–Crippen LogP) is 3.27. The number of hydrogen-bond acceptors (Lipinski definition) is 6. The van der Waals surface area contributed by atoms with Gasteiger partial charge in [0.2, 0.25) is 0 Å². The molecule has 7 heteroatoms. The molecule has 0 bridgehead atoms. The minimum Gasteiger partial charge on any atom is -0.396 e. The zero-order valence-corrected chi connectivity index (χ0v) is 18.3. The number of aromatic nitrogens is 4. The molecule has 5 rings (SSSR count). The molecule has 7 nitrogen and oxygen atoms in total. The summed E-state index contributed by atoms with van der Waals surface area (Å²) in [4.78, 5) is 16.5. The number of aliphatic hydroxyl groups excluding tert-OH is 1. The average molecular weight is 414 g/mol. The monoisotopic (exact) mass is 413 g/mol. The third-order valence-electron chi connectivity index (χ3n) is 7.88. The van der Waals surface area contributed by atoms with Crippen molar-refractivity contribution in [2.45, 2.75) is 65.0 Å². The predicted molar refractivity (Wildman–Crippen MR) is 116 cm³/mol. The molecule has 1 N–H and O–H groups in total. The van der Waals surface area contributed by atoms with Crippen LogP contribution >= 0.6 is 0 Å². The van der Waals surface area contributed by atoms with Crippen molar-refractivity contribution in [3.8, 4) is 0 Å². The molecule has 164 valence electrons. The first-order valence-electron chi connectivity index (χ1n) is 11.7. The highest BCUT2D eigenvalue weighted by atomic mass is 16.5. The number of aliphatic hydroxyl groups is 1. The molecule has 2 aliphatic heterocycles. The summed E-state index contributed by atoms with van der Waals surface area (Å²) in [6.45, 7) is 8.20. The van der Waals surface area contributed by atoms with Crippen LogP contribution in [0.4, 0.5) is 5.82 Å². The minimum atomic E-state index is 0.162. The SMILES string of the molecule is CC(C)C1N(c2ncnc3c2ncn3CC(CO)C2CCOC2)CC12CCCCC2. The molecular formula is C23H35N5O2. The topological polar surface area (TPSA) is 76.3 Å². The van der Waals surface area contributed by atoms with E-state index in [9.17, 15) is 5.11 Å². The summed E-state index contributed by atoms with van der Waals surface area (Å²) in [6, 6.07) is 0.530. The number of imidazole rings is 1. The summed E-state index contributed by atoms with van der Waals surface area (Å²) in [5.74, 6) is 2.14. The third-order valence-corrected chi connectivity index (χ3v) is 7.88. The second kappa shape index (κ2) is 8.08. The van der Waals surface area contributed by atoms with Gasteiger partial charge in [-0.2, -0.15) is 0 Å². The van der Waals surface area contributed by atoms with Gasteiger partial charge in [0.05, 0.1) is 6.33 Å². The zero-order chi connectivity index (χ0) is 20.7. The third kappa shape index (κ3) is 3.30. The maximum atomic E-state index is 9.95. The summed E-state index contributed by atoms with van der Waals surface area (Å²) >= 11 is 0. The van der Waals surface area contributed by atoms with E-state index in [1.54, 1.807) is 6.33 Å². The van der Waals surface area contributed by atoms with Gasteiger partial charge in [0.25, 0.3) is 0 Å². The van der Waals surface area contributed by atoms with Crippen LogP contribution in [0.1, 0.15) is 52.4 Å². The molecule has 2 aromatic rings. The Balaban J connectivity index is 1.42. The summed E-state index contributed by atoms with van der Waals surface area (Å²) in [5.41, 5.74) is 2.23. The average Bonchev–Trinajstić information content (AvgIpc) is 3.41. The normalized spacial score (nSPS) is 27.1. The molecule has 0 amide bonds.